The first-order valence-corrected chi connectivity index (χ1v) is 7.38. The Morgan fingerprint density at radius 3 is 2.63 bits per heavy atom. The van der Waals surface area contributed by atoms with Gasteiger partial charge in [0.05, 0.1) is 17.6 Å². The molecule has 0 amide bonds. The number of aliphatic hydroxyl groups excluding tert-OH is 1. The maximum absolute atomic E-state index is 11.8. The number of rotatable bonds is 0. The molecule has 1 saturated heterocycles. The van der Waals surface area contributed by atoms with Crippen molar-refractivity contribution in [1.29, 1.82) is 0 Å². The number of aliphatic hydroxyl groups is 2. The van der Waals surface area contributed by atoms with E-state index in [9.17, 15) is 15.0 Å². The molecule has 2 N–H and O–H groups in total. The molecule has 2 saturated carbocycles. The number of carbonyl (C=O) groups excluding carboxylic acids is 1. The minimum atomic E-state index is -0.859. The molecule has 2 aliphatic carbocycles. The summed E-state index contributed by atoms with van der Waals surface area (Å²) in [7, 11) is 0. The molecule has 3 aliphatic rings. The standard InChI is InChI=1S/C15H24O4/c1-8-9-4-6-14(2)10(16)5-7-15(3,18)12(14)11(9)19-13(8)17/h8-12,16,18H,4-7H2,1-3H3/t8-,9-,10+,11-,12+,14-,15+/m0/s1. The summed E-state index contributed by atoms with van der Waals surface area (Å²) in [6.07, 6.45) is 2.32. The zero-order valence-corrected chi connectivity index (χ0v) is 11.9. The highest BCUT2D eigenvalue weighted by Crippen LogP contribution is 2.58. The van der Waals surface area contributed by atoms with Crippen molar-refractivity contribution in [2.45, 2.75) is 64.3 Å². The van der Waals surface area contributed by atoms with E-state index in [0.717, 1.165) is 12.8 Å². The van der Waals surface area contributed by atoms with Crippen LogP contribution in [0.5, 0.6) is 0 Å². The normalized spacial score (nSPS) is 57.3. The summed E-state index contributed by atoms with van der Waals surface area (Å²) in [4.78, 5) is 11.8. The zero-order chi connectivity index (χ0) is 14.0. The number of fused-ring (bicyclic) bond motifs is 3. The van der Waals surface area contributed by atoms with E-state index in [-0.39, 0.29) is 35.2 Å². The lowest BCUT2D eigenvalue weighted by atomic mass is 9.51. The quantitative estimate of drug-likeness (QED) is 0.653. The summed E-state index contributed by atoms with van der Waals surface area (Å²) in [6.45, 7) is 5.80. The van der Waals surface area contributed by atoms with Gasteiger partial charge in [0, 0.05) is 17.3 Å². The third-order valence-corrected chi connectivity index (χ3v) is 6.10. The van der Waals surface area contributed by atoms with E-state index in [1.165, 1.54) is 0 Å². The van der Waals surface area contributed by atoms with Crippen molar-refractivity contribution in [3.8, 4) is 0 Å². The predicted octanol–water partition coefficient (Wildman–Crippen LogP) is 1.49. The van der Waals surface area contributed by atoms with Crippen LogP contribution in [0.25, 0.3) is 0 Å². The lowest BCUT2D eigenvalue weighted by molar-refractivity contribution is -0.212. The molecule has 1 heterocycles. The van der Waals surface area contributed by atoms with Gasteiger partial charge in [0.15, 0.2) is 0 Å². The van der Waals surface area contributed by atoms with Gasteiger partial charge in [-0.15, -0.1) is 0 Å². The fourth-order valence-electron chi connectivity index (χ4n) is 4.88. The van der Waals surface area contributed by atoms with E-state index in [1.54, 1.807) is 0 Å². The third-order valence-electron chi connectivity index (χ3n) is 6.10. The predicted molar refractivity (Wildman–Crippen MR) is 69.2 cm³/mol. The van der Waals surface area contributed by atoms with E-state index in [1.807, 2.05) is 20.8 Å². The molecule has 0 aromatic heterocycles. The summed E-state index contributed by atoms with van der Waals surface area (Å²) in [5.41, 5.74) is -1.20. The second-order valence-corrected chi connectivity index (χ2v) is 7.29. The van der Waals surface area contributed by atoms with Crippen LogP contribution in [0.1, 0.15) is 46.5 Å². The van der Waals surface area contributed by atoms with Gasteiger partial charge in [0.25, 0.3) is 0 Å². The van der Waals surface area contributed by atoms with Gasteiger partial charge in [-0.1, -0.05) is 13.8 Å². The lowest BCUT2D eigenvalue weighted by Crippen LogP contribution is -2.62. The van der Waals surface area contributed by atoms with E-state index < -0.39 is 11.7 Å². The Morgan fingerprint density at radius 1 is 1.26 bits per heavy atom. The summed E-state index contributed by atoms with van der Waals surface area (Å²) < 4.78 is 5.59. The molecule has 108 valence electrons. The van der Waals surface area contributed by atoms with E-state index >= 15 is 0 Å². The van der Waals surface area contributed by atoms with Gasteiger partial charge in [-0.05, 0) is 32.6 Å². The molecule has 3 fully saturated rings. The van der Waals surface area contributed by atoms with Crippen molar-refractivity contribution in [2.75, 3.05) is 0 Å². The third kappa shape index (κ3) is 1.69. The summed E-state index contributed by atoms with van der Waals surface area (Å²) in [5, 5.41) is 21.2. The van der Waals surface area contributed by atoms with Crippen LogP contribution in [0.4, 0.5) is 0 Å². The molecule has 0 spiro atoms. The van der Waals surface area contributed by atoms with Crippen molar-refractivity contribution >= 4 is 5.97 Å². The van der Waals surface area contributed by atoms with Crippen LogP contribution in [0, 0.1) is 23.2 Å². The highest BCUT2D eigenvalue weighted by atomic mass is 16.6. The Balaban J connectivity index is 2.01. The highest BCUT2D eigenvalue weighted by Gasteiger charge is 2.63. The van der Waals surface area contributed by atoms with Crippen LogP contribution in [0.2, 0.25) is 0 Å². The average Bonchev–Trinajstić information content (AvgIpc) is 2.60. The largest absolute Gasteiger partial charge is 0.461 e. The Bertz CT molecular complexity index is 405. The molecular weight excluding hydrogens is 244 g/mol. The van der Waals surface area contributed by atoms with Gasteiger partial charge in [-0.25, -0.2) is 0 Å². The maximum atomic E-state index is 11.8. The van der Waals surface area contributed by atoms with Crippen molar-refractivity contribution in [1.82, 2.24) is 0 Å². The zero-order valence-electron chi connectivity index (χ0n) is 11.9. The molecule has 0 bridgehead atoms. The summed E-state index contributed by atoms with van der Waals surface area (Å²) in [6, 6.07) is 0. The van der Waals surface area contributed by atoms with Gasteiger partial charge in [0.2, 0.25) is 0 Å². The molecule has 0 radical (unpaired) electrons. The number of ether oxygens (including phenoxy) is 1. The number of esters is 1. The molecule has 4 heteroatoms. The van der Waals surface area contributed by atoms with Crippen LogP contribution in [-0.4, -0.2) is 34.0 Å². The molecule has 0 unspecified atom stereocenters. The second kappa shape index (κ2) is 3.95. The SMILES string of the molecule is C[C@@H]1C(=O)O[C@H]2[C@H]1CC[C@@]1(C)[C@H](O)CC[C@@](C)(O)[C@H]21. The minimum absolute atomic E-state index is 0.0792. The van der Waals surface area contributed by atoms with Crippen LogP contribution >= 0.6 is 0 Å². The fraction of sp³-hybridized carbons (Fsp3) is 0.933. The van der Waals surface area contributed by atoms with Gasteiger partial charge in [-0.3, -0.25) is 4.79 Å². The first-order valence-electron chi connectivity index (χ1n) is 7.38. The minimum Gasteiger partial charge on any atom is -0.461 e. The molecule has 3 rings (SSSR count). The fourth-order valence-corrected chi connectivity index (χ4v) is 4.88. The Labute approximate surface area is 114 Å². The van der Waals surface area contributed by atoms with E-state index in [2.05, 4.69) is 0 Å². The van der Waals surface area contributed by atoms with Gasteiger partial charge < -0.3 is 14.9 Å². The Kier molecular flexibility index (Phi) is 2.78. The van der Waals surface area contributed by atoms with E-state index in [4.69, 9.17) is 4.74 Å². The number of carbonyl (C=O) groups is 1. The molecule has 1 aliphatic heterocycles. The smallest absolute Gasteiger partial charge is 0.309 e. The van der Waals surface area contributed by atoms with Gasteiger partial charge in [-0.2, -0.15) is 0 Å². The van der Waals surface area contributed by atoms with Crippen molar-refractivity contribution in [3.05, 3.63) is 0 Å². The molecular formula is C15H24O4. The van der Waals surface area contributed by atoms with Crippen LogP contribution in [0.15, 0.2) is 0 Å². The van der Waals surface area contributed by atoms with Crippen LogP contribution in [-0.2, 0) is 9.53 Å². The van der Waals surface area contributed by atoms with Gasteiger partial charge in [0.1, 0.15) is 6.10 Å². The first kappa shape index (κ1) is 13.4. The van der Waals surface area contributed by atoms with Crippen molar-refractivity contribution in [2.24, 2.45) is 23.2 Å². The Hall–Kier alpha value is -0.610. The summed E-state index contributed by atoms with van der Waals surface area (Å²) >= 11 is 0. The molecule has 7 atom stereocenters. The van der Waals surface area contributed by atoms with Crippen LogP contribution < -0.4 is 0 Å². The van der Waals surface area contributed by atoms with Crippen molar-refractivity contribution < 1.29 is 19.7 Å². The van der Waals surface area contributed by atoms with Crippen LogP contribution in [0.3, 0.4) is 0 Å². The highest BCUT2D eigenvalue weighted by molar-refractivity contribution is 5.75. The molecule has 19 heavy (non-hydrogen) atoms. The topological polar surface area (TPSA) is 66.8 Å². The monoisotopic (exact) mass is 268 g/mol. The average molecular weight is 268 g/mol. The van der Waals surface area contributed by atoms with Gasteiger partial charge >= 0.3 is 5.97 Å². The first-order chi connectivity index (χ1) is 8.77. The van der Waals surface area contributed by atoms with E-state index in [0.29, 0.717) is 12.8 Å². The lowest BCUT2D eigenvalue weighted by Gasteiger charge is -2.57. The van der Waals surface area contributed by atoms with Crippen molar-refractivity contribution in [3.63, 3.8) is 0 Å². The summed E-state index contributed by atoms with van der Waals surface area (Å²) in [5.74, 6) is -0.182. The second-order valence-electron chi connectivity index (χ2n) is 7.29. The number of hydrogen-bond donors (Lipinski definition) is 2. The maximum Gasteiger partial charge on any atom is 0.309 e. The molecule has 4 nitrogen and oxygen atoms in total. The Morgan fingerprint density at radius 2 is 1.95 bits per heavy atom. The number of hydrogen-bond acceptors (Lipinski definition) is 4. The molecule has 0 aromatic carbocycles. The molecule has 0 aromatic rings.